The monoisotopic (exact) mass is 289 g/mol. The van der Waals surface area contributed by atoms with Crippen LogP contribution in [-0.4, -0.2) is 31.3 Å². The smallest absolute Gasteiger partial charge is 0.387 e. The van der Waals surface area contributed by atoms with Gasteiger partial charge in [-0.1, -0.05) is 13.0 Å². The van der Waals surface area contributed by atoms with Crippen molar-refractivity contribution in [3.8, 4) is 11.5 Å². The zero-order chi connectivity index (χ0) is 15.1. The van der Waals surface area contributed by atoms with E-state index in [1.807, 2.05) is 6.92 Å². The summed E-state index contributed by atoms with van der Waals surface area (Å²) in [6.07, 6.45) is 0.750. The third kappa shape index (κ3) is 4.34. The molecule has 0 radical (unpaired) electrons. The van der Waals surface area contributed by atoms with E-state index in [0.717, 1.165) is 6.42 Å². The standard InChI is InChI=1S/C13H17F2NO4/c1-3-6-16-11(12(17)18)8-4-5-9(19-2)10(7-8)20-13(14)15/h4-5,7,11,13,16H,3,6H2,1-2H3,(H,17,18). The lowest BCUT2D eigenvalue weighted by Crippen LogP contribution is -2.29. The number of hydrogen-bond donors (Lipinski definition) is 2. The Labute approximate surface area is 115 Å². The van der Waals surface area contributed by atoms with E-state index in [1.165, 1.54) is 25.3 Å². The van der Waals surface area contributed by atoms with Crippen molar-refractivity contribution in [2.75, 3.05) is 13.7 Å². The van der Waals surface area contributed by atoms with Gasteiger partial charge in [0.05, 0.1) is 7.11 Å². The van der Waals surface area contributed by atoms with Gasteiger partial charge in [0.25, 0.3) is 0 Å². The first-order valence-electron chi connectivity index (χ1n) is 6.08. The minimum absolute atomic E-state index is 0.119. The zero-order valence-corrected chi connectivity index (χ0v) is 11.2. The highest BCUT2D eigenvalue weighted by Crippen LogP contribution is 2.31. The number of halogens is 2. The molecule has 0 aliphatic carbocycles. The van der Waals surface area contributed by atoms with Crippen molar-refractivity contribution in [2.24, 2.45) is 0 Å². The lowest BCUT2D eigenvalue weighted by Gasteiger charge is -2.17. The first-order valence-corrected chi connectivity index (χ1v) is 6.08. The van der Waals surface area contributed by atoms with Crippen molar-refractivity contribution in [3.05, 3.63) is 23.8 Å². The summed E-state index contributed by atoms with van der Waals surface area (Å²) in [6, 6.07) is 3.16. The van der Waals surface area contributed by atoms with Gasteiger partial charge in [0.15, 0.2) is 11.5 Å². The van der Waals surface area contributed by atoms with Crippen LogP contribution in [0.25, 0.3) is 0 Å². The fraction of sp³-hybridized carbons (Fsp3) is 0.462. The molecule has 1 unspecified atom stereocenters. The molecule has 0 fully saturated rings. The van der Waals surface area contributed by atoms with Gasteiger partial charge in [-0.25, -0.2) is 0 Å². The van der Waals surface area contributed by atoms with E-state index < -0.39 is 18.6 Å². The molecule has 5 nitrogen and oxygen atoms in total. The molecule has 2 N–H and O–H groups in total. The van der Waals surface area contributed by atoms with Gasteiger partial charge in [-0.3, -0.25) is 4.79 Å². The number of nitrogens with one attached hydrogen (secondary N) is 1. The van der Waals surface area contributed by atoms with Crippen LogP contribution in [0.1, 0.15) is 24.9 Å². The first-order chi connectivity index (χ1) is 9.49. The Morgan fingerprint density at radius 1 is 1.40 bits per heavy atom. The van der Waals surface area contributed by atoms with Crippen LogP contribution in [0.2, 0.25) is 0 Å². The predicted molar refractivity (Wildman–Crippen MR) is 68.3 cm³/mol. The van der Waals surface area contributed by atoms with Gasteiger partial charge in [-0.2, -0.15) is 8.78 Å². The largest absolute Gasteiger partial charge is 0.493 e. The summed E-state index contributed by atoms with van der Waals surface area (Å²) in [5.74, 6) is -1.16. The molecule has 0 aromatic heterocycles. The van der Waals surface area contributed by atoms with Gasteiger partial charge in [-0.05, 0) is 30.7 Å². The molecular weight excluding hydrogens is 272 g/mol. The van der Waals surface area contributed by atoms with Crippen molar-refractivity contribution in [1.82, 2.24) is 5.32 Å². The number of benzene rings is 1. The second kappa shape index (κ2) is 7.64. The summed E-state index contributed by atoms with van der Waals surface area (Å²) >= 11 is 0. The second-order valence-corrected chi connectivity index (χ2v) is 4.01. The van der Waals surface area contributed by atoms with Crippen molar-refractivity contribution in [1.29, 1.82) is 0 Å². The number of aliphatic carboxylic acids is 1. The number of carboxylic acid groups (broad SMARTS) is 1. The number of methoxy groups -OCH3 is 1. The molecule has 0 saturated carbocycles. The Hall–Kier alpha value is -1.89. The molecule has 1 aromatic rings. The zero-order valence-electron chi connectivity index (χ0n) is 11.2. The number of ether oxygens (including phenoxy) is 2. The van der Waals surface area contributed by atoms with Crippen molar-refractivity contribution in [2.45, 2.75) is 26.0 Å². The van der Waals surface area contributed by atoms with Gasteiger partial charge in [-0.15, -0.1) is 0 Å². The Morgan fingerprint density at radius 3 is 2.60 bits per heavy atom. The molecular formula is C13H17F2NO4. The van der Waals surface area contributed by atoms with Gasteiger partial charge < -0.3 is 19.9 Å². The van der Waals surface area contributed by atoms with E-state index in [2.05, 4.69) is 10.1 Å². The third-order valence-electron chi connectivity index (χ3n) is 2.58. The van der Waals surface area contributed by atoms with Crippen molar-refractivity contribution in [3.63, 3.8) is 0 Å². The Bertz CT molecular complexity index is 454. The summed E-state index contributed by atoms with van der Waals surface area (Å²) in [7, 11) is 1.32. The van der Waals surface area contributed by atoms with E-state index in [-0.39, 0.29) is 11.5 Å². The van der Waals surface area contributed by atoms with Crippen LogP contribution in [0.4, 0.5) is 8.78 Å². The summed E-state index contributed by atoms with van der Waals surface area (Å²) < 4.78 is 33.9. The van der Waals surface area contributed by atoms with Crippen molar-refractivity contribution >= 4 is 5.97 Å². The molecule has 20 heavy (non-hydrogen) atoms. The number of hydrogen-bond acceptors (Lipinski definition) is 4. The molecule has 1 aromatic carbocycles. The summed E-state index contributed by atoms with van der Waals surface area (Å²) in [6.45, 7) is -0.620. The highest BCUT2D eigenvalue weighted by Gasteiger charge is 2.21. The minimum Gasteiger partial charge on any atom is -0.493 e. The van der Waals surface area contributed by atoms with Crippen LogP contribution in [0.3, 0.4) is 0 Å². The van der Waals surface area contributed by atoms with Gasteiger partial charge >= 0.3 is 12.6 Å². The number of carboxylic acids is 1. The SMILES string of the molecule is CCCNC(C(=O)O)c1ccc(OC)c(OC(F)F)c1. The topological polar surface area (TPSA) is 67.8 Å². The van der Waals surface area contributed by atoms with E-state index >= 15 is 0 Å². The maximum absolute atomic E-state index is 12.3. The van der Waals surface area contributed by atoms with Crippen molar-refractivity contribution < 1.29 is 28.2 Å². The molecule has 0 aliphatic heterocycles. The lowest BCUT2D eigenvalue weighted by atomic mass is 10.1. The minimum atomic E-state index is -3.01. The summed E-state index contributed by atoms with van der Waals surface area (Å²) in [4.78, 5) is 11.2. The Morgan fingerprint density at radius 2 is 2.10 bits per heavy atom. The van der Waals surface area contributed by atoms with Crippen LogP contribution < -0.4 is 14.8 Å². The van der Waals surface area contributed by atoms with Crippen LogP contribution in [0.15, 0.2) is 18.2 Å². The molecule has 0 aliphatic rings. The van der Waals surface area contributed by atoms with Gasteiger partial charge in [0, 0.05) is 0 Å². The maximum Gasteiger partial charge on any atom is 0.387 e. The maximum atomic E-state index is 12.3. The Kier molecular flexibility index (Phi) is 6.17. The number of carbonyl (C=O) groups is 1. The highest BCUT2D eigenvalue weighted by atomic mass is 19.3. The third-order valence-corrected chi connectivity index (χ3v) is 2.58. The molecule has 0 spiro atoms. The molecule has 0 heterocycles. The molecule has 1 rings (SSSR count). The van der Waals surface area contributed by atoms with Gasteiger partial charge in [0.2, 0.25) is 0 Å². The van der Waals surface area contributed by atoms with Crippen LogP contribution in [-0.2, 0) is 4.79 Å². The highest BCUT2D eigenvalue weighted by molar-refractivity contribution is 5.76. The van der Waals surface area contributed by atoms with Crippen LogP contribution >= 0.6 is 0 Å². The van der Waals surface area contributed by atoms with Crippen LogP contribution in [0.5, 0.6) is 11.5 Å². The van der Waals surface area contributed by atoms with E-state index in [4.69, 9.17) is 9.84 Å². The first kappa shape index (κ1) is 16.2. The lowest BCUT2D eigenvalue weighted by molar-refractivity contribution is -0.139. The van der Waals surface area contributed by atoms with E-state index in [1.54, 1.807) is 0 Å². The summed E-state index contributed by atoms with van der Waals surface area (Å²) in [5.41, 5.74) is 0.322. The fourth-order valence-electron chi connectivity index (χ4n) is 1.70. The fourth-order valence-corrected chi connectivity index (χ4v) is 1.70. The second-order valence-electron chi connectivity index (χ2n) is 4.01. The number of alkyl halides is 2. The van der Waals surface area contributed by atoms with Gasteiger partial charge in [0.1, 0.15) is 6.04 Å². The number of rotatable bonds is 8. The summed E-state index contributed by atoms with van der Waals surface area (Å²) in [5, 5.41) is 12.0. The molecule has 1 atom stereocenters. The van der Waals surface area contributed by atoms with E-state index in [9.17, 15) is 13.6 Å². The normalized spacial score (nSPS) is 12.2. The molecule has 7 heteroatoms. The molecule has 0 bridgehead atoms. The quantitative estimate of drug-likeness (QED) is 0.769. The average Bonchev–Trinajstić information content (AvgIpc) is 2.38. The average molecular weight is 289 g/mol. The Balaban J connectivity index is 3.06. The van der Waals surface area contributed by atoms with E-state index in [0.29, 0.717) is 12.1 Å². The molecule has 0 saturated heterocycles. The molecule has 112 valence electrons. The molecule has 0 amide bonds. The predicted octanol–water partition coefficient (Wildman–Crippen LogP) is 2.42. The van der Waals surface area contributed by atoms with Crippen LogP contribution in [0, 0.1) is 0 Å².